The molecule has 0 saturated carbocycles. The summed E-state index contributed by atoms with van der Waals surface area (Å²) in [5.41, 5.74) is 1.85. The van der Waals surface area contributed by atoms with Gasteiger partial charge < -0.3 is 29.4 Å². The standard InChI is InChI=1S/C25H27N3O5/c1-27(2)12-13-28-22(16-14-26-17-9-6-5-8-15(16)17)21(24(30)25(28)31)23(29)20-18(32-3)10-7-11-19(20)33-4/h5-11,14,22,26,29H,12-13H2,1-4H3/b23-21+. The number of aliphatic hydroxyl groups excluding tert-OH is 1. The normalized spacial score (nSPS) is 17.8. The molecule has 0 spiro atoms. The molecule has 2 N–H and O–H groups in total. The third-order valence-electron chi connectivity index (χ3n) is 5.91. The zero-order chi connectivity index (χ0) is 23.7. The number of fused-ring (bicyclic) bond motifs is 1. The van der Waals surface area contributed by atoms with Gasteiger partial charge in [-0.05, 0) is 32.3 Å². The number of carbonyl (C=O) groups excluding carboxylic acids is 2. The fourth-order valence-corrected chi connectivity index (χ4v) is 4.28. The number of para-hydroxylation sites is 1. The number of aromatic nitrogens is 1. The van der Waals surface area contributed by atoms with Gasteiger partial charge in [-0.1, -0.05) is 24.3 Å². The molecule has 1 unspecified atom stereocenters. The Morgan fingerprint density at radius 2 is 1.73 bits per heavy atom. The Morgan fingerprint density at radius 1 is 1.06 bits per heavy atom. The molecule has 0 aliphatic carbocycles. The van der Waals surface area contributed by atoms with Crippen molar-refractivity contribution in [3.63, 3.8) is 0 Å². The lowest BCUT2D eigenvalue weighted by Crippen LogP contribution is -2.35. The van der Waals surface area contributed by atoms with E-state index in [2.05, 4.69) is 4.98 Å². The molecule has 33 heavy (non-hydrogen) atoms. The maximum absolute atomic E-state index is 13.3. The molecule has 172 valence electrons. The van der Waals surface area contributed by atoms with Crippen molar-refractivity contribution in [3.8, 4) is 11.5 Å². The molecule has 1 aliphatic rings. The number of amides is 1. The summed E-state index contributed by atoms with van der Waals surface area (Å²) in [6, 6.07) is 11.9. The number of nitrogens with zero attached hydrogens (tertiary/aromatic N) is 2. The van der Waals surface area contributed by atoms with Crippen LogP contribution in [0.2, 0.25) is 0 Å². The molecule has 0 radical (unpaired) electrons. The molecule has 1 fully saturated rings. The number of hydrogen-bond donors (Lipinski definition) is 2. The minimum absolute atomic E-state index is 0.00584. The lowest BCUT2D eigenvalue weighted by atomic mass is 9.94. The van der Waals surface area contributed by atoms with Crippen LogP contribution in [0.25, 0.3) is 16.7 Å². The van der Waals surface area contributed by atoms with Crippen LogP contribution in [0.1, 0.15) is 17.2 Å². The van der Waals surface area contributed by atoms with Crippen molar-refractivity contribution < 1.29 is 24.2 Å². The fraction of sp³-hybridized carbons (Fsp3) is 0.280. The minimum atomic E-state index is -0.768. The minimum Gasteiger partial charge on any atom is -0.506 e. The van der Waals surface area contributed by atoms with E-state index < -0.39 is 17.7 Å². The molecule has 1 atom stereocenters. The van der Waals surface area contributed by atoms with Gasteiger partial charge in [-0.2, -0.15) is 0 Å². The number of likely N-dealkylation sites (tertiary alicyclic amines) is 1. The molecule has 2 aromatic carbocycles. The molecular formula is C25H27N3O5. The largest absolute Gasteiger partial charge is 0.506 e. The Labute approximate surface area is 192 Å². The number of nitrogens with one attached hydrogen (secondary N) is 1. The van der Waals surface area contributed by atoms with Gasteiger partial charge in [0.15, 0.2) is 0 Å². The van der Waals surface area contributed by atoms with Crippen molar-refractivity contribution in [2.24, 2.45) is 0 Å². The number of H-pyrrole nitrogens is 1. The van der Waals surface area contributed by atoms with Crippen LogP contribution < -0.4 is 9.47 Å². The molecule has 8 heteroatoms. The zero-order valence-corrected chi connectivity index (χ0v) is 19.1. The number of aliphatic hydroxyl groups is 1. The maximum atomic E-state index is 13.3. The topological polar surface area (TPSA) is 95.1 Å². The monoisotopic (exact) mass is 449 g/mol. The molecule has 0 bridgehead atoms. The summed E-state index contributed by atoms with van der Waals surface area (Å²) in [5.74, 6) is -1.05. The van der Waals surface area contributed by atoms with Crippen LogP contribution in [0.4, 0.5) is 0 Å². The number of Topliss-reactive ketones (excluding diaryl/α,β-unsaturated/α-hetero) is 1. The van der Waals surface area contributed by atoms with E-state index in [9.17, 15) is 14.7 Å². The van der Waals surface area contributed by atoms with Crippen LogP contribution in [-0.2, 0) is 9.59 Å². The van der Waals surface area contributed by atoms with Gasteiger partial charge in [0.2, 0.25) is 0 Å². The van der Waals surface area contributed by atoms with Gasteiger partial charge in [-0.3, -0.25) is 9.59 Å². The van der Waals surface area contributed by atoms with Gasteiger partial charge in [-0.25, -0.2) is 0 Å². The van der Waals surface area contributed by atoms with Crippen LogP contribution in [-0.4, -0.2) is 73.0 Å². The van der Waals surface area contributed by atoms with E-state index in [1.807, 2.05) is 43.3 Å². The molecule has 1 aromatic heterocycles. The number of hydrogen-bond acceptors (Lipinski definition) is 6. The second-order valence-corrected chi connectivity index (χ2v) is 8.12. The van der Waals surface area contributed by atoms with Crippen molar-refractivity contribution in [2.75, 3.05) is 41.4 Å². The second-order valence-electron chi connectivity index (χ2n) is 8.12. The van der Waals surface area contributed by atoms with Crippen molar-refractivity contribution in [1.82, 2.24) is 14.8 Å². The van der Waals surface area contributed by atoms with Crippen LogP contribution >= 0.6 is 0 Å². The highest BCUT2D eigenvalue weighted by molar-refractivity contribution is 6.46. The van der Waals surface area contributed by atoms with Gasteiger partial charge in [-0.15, -0.1) is 0 Å². The van der Waals surface area contributed by atoms with Crippen LogP contribution in [0.5, 0.6) is 11.5 Å². The summed E-state index contributed by atoms with van der Waals surface area (Å²) in [4.78, 5) is 33.1. The van der Waals surface area contributed by atoms with E-state index in [1.165, 1.54) is 19.1 Å². The number of aromatic amines is 1. The van der Waals surface area contributed by atoms with Crippen LogP contribution in [0.15, 0.2) is 54.2 Å². The third-order valence-corrected chi connectivity index (χ3v) is 5.91. The molecule has 4 rings (SSSR count). The predicted octanol–water partition coefficient (Wildman–Crippen LogP) is 3.17. The third kappa shape index (κ3) is 3.82. The van der Waals surface area contributed by atoms with Crippen molar-refractivity contribution >= 4 is 28.4 Å². The summed E-state index contributed by atoms with van der Waals surface area (Å²) >= 11 is 0. The molecule has 2 heterocycles. The van der Waals surface area contributed by atoms with E-state index in [0.29, 0.717) is 24.6 Å². The van der Waals surface area contributed by atoms with E-state index in [-0.39, 0.29) is 16.9 Å². The number of likely N-dealkylation sites (N-methyl/N-ethyl adjacent to an activating group) is 1. The molecule has 1 aliphatic heterocycles. The maximum Gasteiger partial charge on any atom is 0.295 e. The zero-order valence-electron chi connectivity index (χ0n) is 19.1. The Morgan fingerprint density at radius 3 is 2.36 bits per heavy atom. The van der Waals surface area contributed by atoms with Crippen LogP contribution in [0.3, 0.4) is 0 Å². The van der Waals surface area contributed by atoms with Gasteiger partial charge in [0.1, 0.15) is 22.8 Å². The number of carbonyl (C=O) groups is 2. The first-order valence-electron chi connectivity index (χ1n) is 10.6. The Kier molecular flexibility index (Phi) is 6.11. The van der Waals surface area contributed by atoms with E-state index in [1.54, 1.807) is 24.4 Å². The van der Waals surface area contributed by atoms with Gasteiger partial charge in [0.25, 0.3) is 11.7 Å². The van der Waals surface area contributed by atoms with E-state index >= 15 is 0 Å². The van der Waals surface area contributed by atoms with Crippen molar-refractivity contribution in [2.45, 2.75) is 6.04 Å². The molecule has 1 amide bonds. The van der Waals surface area contributed by atoms with Crippen molar-refractivity contribution in [1.29, 1.82) is 0 Å². The fourth-order valence-electron chi connectivity index (χ4n) is 4.28. The average molecular weight is 450 g/mol. The smallest absolute Gasteiger partial charge is 0.295 e. The molecule has 3 aromatic rings. The summed E-state index contributed by atoms with van der Waals surface area (Å²) in [5, 5.41) is 12.3. The van der Waals surface area contributed by atoms with Gasteiger partial charge in [0.05, 0.1) is 25.8 Å². The number of benzene rings is 2. The first-order chi connectivity index (χ1) is 15.9. The van der Waals surface area contributed by atoms with Crippen LogP contribution in [0, 0.1) is 0 Å². The average Bonchev–Trinajstić information content (AvgIpc) is 3.35. The van der Waals surface area contributed by atoms with E-state index in [4.69, 9.17) is 9.47 Å². The number of ketones is 1. The number of ether oxygens (including phenoxy) is 2. The Bertz CT molecular complexity index is 1220. The highest BCUT2D eigenvalue weighted by atomic mass is 16.5. The summed E-state index contributed by atoms with van der Waals surface area (Å²) in [6.07, 6.45) is 1.79. The van der Waals surface area contributed by atoms with Gasteiger partial charge >= 0.3 is 0 Å². The molecule has 8 nitrogen and oxygen atoms in total. The number of rotatable bonds is 7. The summed E-state index contributed by atoms with van der Waals surface area (Å²) in [7, 11) is 6.74. The second kappa shape index (κ2) is 8.99. The summed E-state index contributed by atoms with van der Waals surface area (Å²) in [6.45, 7) is 0.880. The van der Waals surface area contributed by atoms with Gasteiger partial charge in [0, 0.05) is 35.8 Å². The first kappa shape index (κ1) is 22.4. The van der Waals surface area contributed by atoms with E-state index in [0.717, 1.165) is 16.5 Å². The Balaban J connectivity index is 1.98. The quantitative estimate of drug-likeness (QED) is 0.327. The lowest BCUT2D eigenvalue weighted by molar-refractivity contribution is -0.140. The van der Waals surface area contributed by atoms with Crippen molar-refractivity contribution in [3.05, 3.63) is 65.4 Å². The predicted molar refractivity (Wildman–Crippen MR) is 125 cm³/mol. The Hall–Kier alpha value is -3.78. The lowest BCUT2D eigenvalue weighted by Gasteiger charge is -2.26. The SMILES string of the molecule is COc1cccc(OC)c1/C(O)=C1\C(=O)C(=O)N(CCN(C)C)C1c1c[nH]c2ccccc12. The molecular weight excluding hydrogens is 422 g/mol. The number of methoxy groups -OCH3 is 2. The molecule has 1 saturated heterocycles. The highest BCUT2D eigenvalue weighted by Crippen LogP contribution is 2.44. The highest BCUT2D eigenvalue weighted by Gasteiger charge is 2.47. The first-order valence-corrected chi connectivity index (χ1v) is 10.6. The summed E-state index contributed by atoms with van der Waals surface area (Å²) < 4.78 is 10.9.